The molecule has 0 N–H and O–H groups in total. The van der Waals surface area contributed by atoms with E-state index in [9.17, 15) is 0 Å². The molecule has 0 amide bonds. The second-order valence-electron chi connectivity index (χ2n) is 4.39. The zero-order valence-electron chi connectivity index (χ0n) is 7.85. The number of hydrogen-bond donors (Lipinski definition) is 0. The number of rotatable bonds is 0. The Morgan fingerprint density at radius 2 is 2.00 bits per heavy atom. The molecule has 1 atom stereocenters. The summed E-state index contributed by atoms with van der Waals surface area (Å²) in [5, 5.41) is 0. The normalized spacial score (nSPS) is 24.7. The predicted octanol–water partition coefficient (Wildman–Crippen LogP) is 2.45. The molecule has 1 aliphatic heterocycles. The van der Waals surface area contributed by atoms with Gasteiger partial charge in [-0.3, -0.25) is 0 Å². The highest BCUT2D eigenvalue weighted by molar-refractivity contribution is 7.80. The van der Waals surface area contributed by atoms with Gasteiger partial charge < -0.3 is 4.90 Å². The first-order valence-corrected chi connectivity index (χ1v) is 4.65. The first-order valence-electron chi connectivity index (χ1n) is 4.24. The second kappa shape index (κ2) is 2.74. The Hall–Kier alpha value is -0.110. The second-order valence-corrected chi connectivity index (χ2v) is 4.77. The summed E-state index contributed by atoms with van der Waals surface area (Å²) in [6, 6.07) is 0.682. The topological polar surface area (TPSA) is 3.24 Å². The molecule has 1 fully saturated rings. The SMILES string of the molecule is CC1CCN1C(=S)C(C)(C)C. The third kappa shape index (κ3) is 1.73. The summed E-state index contributed by atoms with van der Waals surface area (Å²) in [5.74, 6) is 0. The van der Waals surface area contributed by atoms with E-state index in [2.05, 4.69) is 32.6 Å². The smallest absolute Gasteiger partial charge is 0.0836 e. The highest BCUT2D eigenvalue weighted by Gasteiger charge is 2.31. The third-order valence-electron chi connectivity index (χ3n) is 2.22. The third-order valence-corrected chi connectivity index (χ3v) is 3.07. The van der Waals surface area contributed by atoms with Crippen LogP contribution in [0.4, 0.5) is 0 Å². The van der Waals surface area contributed by atoms with E-state index < -0.39 is 0 Å². The predicted molar refractivity (Wildman–Crippen MR) is 52.8 cm³/mol. The van der Waals surface area contributed by atoms with Crippen molar-refractivity contribution in [2.45, 2.75) is 40.2 Å². The van der Waals surface area contributed by atoms with Gasteiger partial charge in [-0.1, -0.05) is 33.0 Å². The summed E-state index contributed by atoms with van der Waals surface area (Å²) >= 11 is 5.37. The highest BCUT2D eigenvalue weighted by Crippen LogP contribution is 2.26. The van der Waals surface area contributed by atoms with Crippen LogP contribution in [0.15, 0.2) is 0 Å². The molecule has 1 rings (SSSR count). The molecule has 0 bridgehead atoms. The van der Waals surface area contributed by atoms with Crippen LogP contribution in [-0.4, -0.2) is 22.5 Å². The maximum Gasteiger partial charge on any atom is 0.0836 e. The lowest BCUT2D eigenvalue weighted by Gasteiger charge is -2.44. The van der Waals surface area contributed by atoms with E-state index in [1.165, 1.54) is 6.42 Å². The van der Waals surface area contributed by atoms with Gasteiger partial charge in [0.2, 0.25) is 0 Å². The zero-order chi connectivity index (χ0) is 8.65. The number of nitrogens with zero attached hydrogens (tertiary/aromatic N) is 1. The quantitative estimate of drug-likeness (QED) is 0.515. The van der Waals surface area contributed by atoms with Crippen LogP contribution in [0, 0.1) is 5.41 Å². The molecule has 2 heteroatoms. The van der Waals surface area contributed by atoms with Gasteiger partial charge in [0.05, 0.1) is 4.99 Å². The molecule has 0 aliphatic carbocycles. The number of hydrogen-bond acceptors (Lipinski definition) is 1. The Kier molecular flexibility index (Phi) is 2.24. The number of thiocarbonyl (C=S) groups is 1. The summed E-state index contributed by atoms with van der Waals surface area (Å²) in [4.78, 5) is 3.45. The molecule has 0 saturated carbocycles. The van der Waals surface area contributed by atoms with Gasteiger partial charge in [0, 0.05) is 18.0 Å². The van der Waals surface area contributed by atoms with E-state index in [1.54, 1.807) is 0 Å². The highest BCUT2D eigenvalue weighted by atomic mass is 32.1. The first kappa shape index (κ1) is 8.98. The van der Waals surface area contributed by atoms with E-state index in [0.29, 0.717) is 6.04 Å². The van der Waals surface area contributed by atoms with Crippen molar-refractivity contribution in [2.75, 3.05) is 6.54 Å². The van der Waals surface area contributed by atoms with Crippen molar-refractivity contribution in [1.82, 2.24) is 4.90 Å². The van der Waals surface area contributed by atoms with Crippen LogP contribution in [-0.2, 0) is 0 Å². The molecule has 1 saturated heterocycles. The maximum atomic E-state index is 5.37. The molecule has 0 aromatic rings. The van der Waals surface area contributed by atoms with Gasteiger partial charge in [-0.25, -0.2) is 0 Å². The van der Waals surface area contributed by atoms with E-state index in [4.69, 9.17) is 12.2 Å². The Labute approximate surface area is 74.8 Å². The van der Waals surface area contributed by atoms with E-state index >= 15 is 0 Å². The molecule has 1 aliphatic rings. The van der Waals surface area contributed by atoms with Crippen molar-refractivity contribution in [3.8, 4) is 0 Å². The number of likely N-dealkylation sites (tertiary alicyclic amines) is 1. The van der Waals surface area contributed by atoms with Crippen molar-refractivity contribution >= 4 is 17.2 Å². The van der Waals surface area contributed by atoms with E-state index in [-0.39, 0.29) is 5.41 Å². The lowest BCUT2D eigenvalue weighted by molar-refractivity contribution is 0.190. The Morgan fingerprint density at radius 3 is 2.09 bits per heavy atom. The van der Waals surface area contributed by atoms with Crippen molar-refractivity contribution in [3.63, 3.8) is 0 Å². The molecule has 64 valence electrons. The molecule has 1 unspecified atom stereocenters. The monoisotopic (exact) mass is 171 g/mol. The molecule has 0 aromatic carbocycles. The van der Waals surface area contributed by atoms with Crippen LogP contribution in [0.3, 0.4) is 0 Å². The van der Waals surface area contributed by atoms with Gasteiger partial charge in [0.15, 0.2) is 0 Å². The van der Waals surface area contributed by atoms with Crippen LogP contribution >= 0.6 is 12.2 Å². The largest absolute Gasteiger partial charge is 0.363 e. The minimum Gasteiger partial charge on any atom is -0.363 e. The van der Waals surface area contributed by atoms with Crippen molar-refractivity contribution in [1.29, 1.82) is 0 Å². The summed E-state index contributed by atoms with van der Waals surface area (Å²) in [6.45, 7) is 9.94. The van der Waals surface area contributed by atoms with Crippen LogP contribution in [0.25, 0.3) is 0 Å². The first-order chi connectivity index (χ1) is 4.93. The molecular formula is C9H17NS. The zero-order valence-corrected chi connectivity index (χ0v) is 8.66. The molecule has 11 heavy (non-hydrogen) atoms. The molecule has 0 aromatic heterocycles. The van der Waals surface area contributed by atoms with Crippen molar-refractivity contribution < 1.29 is 0 Å². The van der Waals surface area contributed by atoms with E-state index in [1.807, 2.05) is 0 Å². The summed E-state index contributed by atoms with van der Waals surface area (Å²) in [5.41, 5.74) is 0.171. The van der Waals surface area contributed by atoms with Crippen LogP contribution < -0.4 is 0 Å². The van der Waals surface area contributed by atoms with Gasteiger partial charge in [0.1, 0.15) is 0 Å². The van der Waals surface area contributed by atoms with Crippen molar-refractivity contribution in [2.24, 2.45) is 5.41 Å². The summed E-state index contributed by atoms with van der Waals surface area (Å²) in [7, 11) is 0. The van der Waals surface area contributed by atoms with Gasteiger partial charge in [-0.05, 0) is 13.3 Å². The molecule has 0 spiro atoms. The lowest BCUT2D eigenvalue weighted by Crippen LogP contribution is -2.52. The van der Waals surface area contributed by atoms with E-state index in [0.717, 1.165) is 11.5 Å². The Balaban J connectivity index is 2.55. The fraction of sp³-hybridized carbons (Fsp3) is 0.889. The average Bonchev–Trinajstić information content (AvgIpc) is 1.83. The maximum absolute atomic E-state index is 5.37. The Bertz CT molecular complexity index is 169. The fourth-order valence-electron chi connectivity index (χ4n) is 1.25. The van der Waals surface area contributed by atoms with Crippen LogP contribution in [0.5, 0.6) is 0 Å². The summed E-state index contributed by atoms with van der Waals surface area (Å²) in [6.07, 6.45) is 1.30. The summed E-state index contributed by atoms with van der Waals surface area (Å²) < 4.78 is 0. The van der Waals surface area contributed by atoms with Crippen LogP contribution in [0.2, 0.25) is 0 Å². The van der Waals surface area contributed by atoms with Gasteiger partial charge in [-0.15, -0.1) is 0 Å². The standard InChI is InChI=1S/C9H17NS/c1-7-5-6-10(7)8(11)9(2,3)4/h7H,5-6H2,1-4H3. The van der Waals surface area contributed by atoms with Gasteiger partial charge >= 0.3 is 0 Å². The molecule has 0 radical (unpaired) electrons. The van der Waals surface area contributed by atoms with Gasteiger partial charge in [-0.2, -0.15) is 0 Å². The Morgan fingerprint density at radius 1 is 1.45 bits per heavy atom. The average molecular weight is 171 g/mol. The fourth-order valence-corrected chi connectivity index (χ4v) is 1.52. The van der Waals surface area contributed by atoms with Crippen molar-refractivity contribution in [3.05, 3.63) is 0 Å². The van der Waals surface area contributed by atoms with Gasteiger partial charge in [0.25, 0.3) is 0 Å². The molecule has 1 nitrogen and oxygen atoms in total. The minimum atomic E-state index is 0.171. The minimum absolute atomic E-state index is 0.171. The van der Waals surface area contributed by atoms with Crippen LogP contribution in [0.1, 0.15) is 34.1 Å². The molecule has 1 heterocycles. The lowest BCUT2D eigenvalue weighted by atomic mass is 9.92. The molecular weight excluding hydrogens is 154 g/mol.